The molecule has 0 saturated heterocycles. The fourth-order valence-electron chi connectivity index (χ4n) is 3.34. The minimum Gasteiger partial charge on any atom is -0.475 e. The molecule has 0 fully saturated rings. The Labute approximate surface area is 212 Å². The van der Waals surface area contributed by atoms with E-state index in [1.165, 1.54) is 25.5 Å². The zero-order valence-corrected chi connectivity index (χ0v) is 20.1. The Morgan fingerprint density at radius 2 is 1.63 bits per heavy atom. The summed E-state index contributed by atoms with van der Waals surface area (Å²) >= 11 is 0. The maximum absolute atomic E-state index is 12.7. The summed E-state index contributed by atoms with van der Waals surface area (Å²) in [7, 11) is -2.24. The summed E-state index contributed by atoms with van der Waals surface area (Å²) in [5, 5.41) is 10.1. The van der Waals surface area contributed by atoms with Gasteiger partial charge in [-0.05, 0) is 55.4 Å². The molecule has 0 saturated carbocycles. The van der Waals surface area contributed by atoms with Gasteiger partial charge in [-0.1, -0.05) is 6.07 Å². The number of benzene rings is 2. The number of carboxylic acid groups (broad SMARTS) is 1. The normalized spacial score (nSPS) is 13.4. The lowest BCUT2D eigenvalue weighted by atomic mass is 10.2. The van der Waals surface area contributed by atoms with E-state index >= 15 is 0 Å². The van der Waals surface area contributed by atoms with E-state index in [4.69, 9.17) is 9.90 Å². The van der Waals surface area contributed by atoms with E-state index in [0.717, 1.165) is 29.8 Å². The van der Waals surface area contributed by atoms with Crippen LogP contribution in [0.4, 0.5) is 49.4 Å². The van der Waals surface area contributed by atoms with Crippen molar-refractivity contribution in [1.82, 2.24) is 14.7 Å². The van der Waals surface area contributed by atoms with Gasteiger partial charge in [0.15, 0.2) is 0 Å². The Hall–Kier alpha value is -3.92. The molecule has 3 N–H and O–H groups in total. The van der Waals surface area contributed by atoms with Crippen molar-refractivity contribution in [1.29, 1.82) is 0 Å². The van der Waals surface area contributed by atoms with Crippen molar-refractivity contribution >= 4 is 39.0 Å². The molecule has 3 aromatic rings. The van der Waals surface area contributed by atoms with Gasteiger partial charge >= 0.3 is 18.3 Å². The number of anilines is 4. The summed E-state index contributed by atoms with van der Waals surface area (Å²) in [5.74, 6) is -1.81. The van der Waals surface area contributed by atoms with Gasteiger partial charge in [0.2, 0.25) is 10.0 Å². The molecule has 2 heterocycles. The van der Waals surface area contributed by atoms with Crippen molar-refractivity contribution in [3.63, 3.8) is 0 Å². The van der Waals surface area contributed by atoms with E-state index in [-0.39, 0.29) is 4.90 Å². The minimum atomic E-state index is -5.08. The monoisotopic (exact) mass is 563 g/mol. The van der Waals surface area contributed by atoms with Gasteiger partial charge in [0.05, 0.1) is 10.5 Å². The van der Waals surface area contributed by atoms with Crippen LogP contribution in [0.3, 0.4) is 0 Å². The van der Waals surface area contributed by atoms with Gasteiger partial charge in [0.25, 0.3) is 0 Å². The number of nitrogens with one attached hydrogen (secondary N) is 2. The lowest BCUT2D eigenvalue weighted by Gasteiger charge is -2.19. The number of nitrogens with zero attached hydrogens (tertiary/aromatic N) is 3. The van der Waals surface area contributed by atoms with Crippen LogP contribution in [0.15, 0.2) is 59.8 Å². The molecular weight excluding hydrogens is 544 g/mol. The third kappa shape index (κ3) is 6.89. The fourth-order valence-corrected chi connectivity index (χ4v) is 4.09. The van der Waals surface area contributed by atoms with Crippen LogP contribution in [0.2, 0.25) is 0 Å². The second-order valence-electron chi connectivity index (χ2n) is 7.66. The van der Waals surface area contributed by atoms with Crippen molar-refractivity contribution in [2.45, 2.75) is 23.7 Å². The van der Waals surface area contributed by atoms with Crippen molar-refractivity contribution in [2.24, 2.45) is 0 Å². The van der Waals surface area contributed by atoms with Crippen molar-refractivity contribution in [3.05, 3.63) is 66.0 Å². The van der Waals surface area contributed by atoms with E-state index in [1.807, 2.05) is 4.90 Å². The Morgan fingerprint density at radius 1 is 1.00 bits per heavy atom. The number of rotatable bonds is 5. The Balaban J connectivity index is 0.000000505. The first-order valence-corrected chi connectivity index (χ1v) is 12.0. The average molecular weight is 563 g/mol. The smallest absolute Gasteiger partial charge is 0.475 e. The Bertz CT molecular complexity index is 1410. The number of alkyl halides is 6. The molecule has 38 heavy (non-hydrogen) atoms. The highest BCUT2D eigenvalue weighted by Crippen LogP contribution is 2.36. The maximum Gasteiger partial charge on any atom is 0.490 e. The van der Waals surface area contributed by atoms with Crippen molar-refractivity contribution < 1.29 is 44.7 Å². The topological polar surface area (TPSA) is 125 Å². The van der Waals surface area contributed by atoms with E-state index in [0.29, 0.717) is 23.9 Å². The van der Waals surface area contributed by atoms with E-state index in [2.05, 4.69) is 20.0 Å². The molecule has 0 amide bonds. The van der Waals surface area contributed by atoms with E-state index in [9.17, 15) is 34.8 Å². The number of hydrogen-bond donors (Lipinski definition) is 3. The third-order valence-corrected chi connectivity index (χ3v) is 6.60. The summed E-state index contributed by atoms with van der Waals surface area (Å²) in [6, 6.07) is 11.2. The summed E-state index contributed by atoms with van der Waals surface area (Å²) in [6.45, 7) is 0.606. The first-order chi connectivity index (χ1) is 17.6. The van der Waals surface area contributed by atoms with Gasteiger partial charge in [-0.2, -0.15) is 26.3 Å². The number of aromatic nitrogens is 2. The van der Waals surface area contributed by atoms with E-state index < -0.39 is 33.9 Å². The summed E-state index contributed by atoms with van der Waals surface area (Å²) in [5.41, 5.74) is 1.44. The third-order valence-electron chi connectivity index (χ3n) is 5.19. The summed E-state index contributed by atoms with van der Waals surface area (Å²) in [4.78, 5) is 19.3. The molecule has 1 aliphatic heterocycles. The van der Waals surface area contributed by atoms with Gasteiger partial charge in [-0.25, -0.2) is 27.9 Å². The molecule has 0 bridgehead atoms. The molecule has 0 spiro atoms. The van der Waals surface area contributed by atoms with Gasteiger partial charge in [-0.15, -0.1) is 0 Å². The quantitative estimate of drug-likeness (QED) is 0.389. The Morgan fingerprint density at radius 3 is 2.18 bits per heavy atom. The molecule has 2 aromatic carbocycles. The lowest BCUT2D eigenvalue weighted by molar-refractivity contribution is -0.192. The second kappa shape index (κ2) is 10.8. The number of halogens is 6. The molecule has 9 nitrogen and oxygen atoms in total. The molecule has 1 aromatic heterocycles. The van der Waals surface area contributed by atoms with Crippen LogP contribution in [-0.4, -0.2) is 49.2 Å². The first-order valence-electron chi connectivity index (χ1n) is 10.5. The number of fused-ring (bicyclic) bond motifs is 1. The molecule has 0 atom stereocenters. The highest BCUT2D eigenvalue weighted by Gasteiger charge is 2.38. The van der Waals surface area contributed by atoms with Crippen molar-refractivity contribution in [3.8, 4) is 0 Å². The van der Waals surface area contributed by atoms with Gasteiger partial charge in [0, 0.05) is 24.0 Å². The Kier molecular flexibility index (Phi) is 8.16. The number of aliphatic carboxylic acids is 1. The number of sulfonamides is 1. The first kappa shape index (κ1) is 28.6. The minimum absolute atomic E-state index is 0.151. The predicted molar refractivity (Wildman–Crippen MR) is 124 cm³/mol. The molecular formula is C22H19F6N5O4S. The van der Waals surface area contributed by atoms with Crippen molar-refractivity contribution in [2.75, 3.05) is 23.8 Å². The SMILES string of the molecule is CNS(=O)(=O)c1ccc2c(c1)N(c1cc(Nc3ccc(C(F)(F)F)cc3)ncn1)CC2.O=C(O)C(F)(F)F. The fraction of sp³-hybridized carbons (Fsp3) is 0.227. The molecule has 0 unspecified atom stereocenters. The standard InChI is InChI=1S/C20H18F3N5O2S.C2HF3O2/c1-24-31(29,30)16-7-2-13-8-9-28(17(13)10-16)19-11-18(25-12-26-19)27-15-5-3-14(4-6-15)20(21,22)23;3-2(4,5)1(6)7/h2-7,10-12,24H,8-9H2,1H3,(H,25,26,27);(H,6,7). The molecule has 16 heteroatoms. The zero-order chi connectivity index (χ0) is 28.3. The molecule has 204 valence electrons. The molecule has 0 aliphatic carbocycles. The highest BCUT2D eigenvalue weighted by molar-refractivity contribution is 7.89. The average Bonchev–Trinajstić information content (AvgIpc) is 3.27. The molecule has 0 radical (unpaired) electrons. The number of carbonyl (C=O) groups is 1. The molecule has 4 rings (SSSR count). The maximum atomic E-state index is 12.7. The summed E-state index contributed by atoms with van der Waals surface area (Å²) in [6.07, 6.45) is -7.42. The van der Waals surface area contributed by atoms with Gasteiger partial charge in [-0.3, -0.25) is 0 Å². The van der Waals surface area contributed by atoms with Crippen LogP contribution in [0.1, 0.15) is 11.1 Å². The van der Waals surface area contributed by atoms with Crippen LogP contribution in [0.25, 0.3) is 0 Å². The largest absolute Gasteiger partial charge is 0.490 e. The van der Waals surface area contributed by atoms with Gasteiger partial charge < -0.3 is 15.3 Å². The van der Waals surface area contributed by atoms with Gasteiger partial charge in [0.1, 0.15) is 18.0 Å². The van der Waals surface area contributed by atoms with Crippen LogP contribution < -0.4 is 14.9 Å². The zero-order valence-electron chi connectivity index (χ0n) is 19.3. The van der Waals surface area contributed by atoms with Crippen LogP contribution in [0.5, 0.6) is 0 Å². The molecule has 1 aliphatic rings. The van der Waals surface area contributed by atoms with Crippen LogP contribution >= 0.6 is 0 Å². The van der Waals surface area contributed by atoms with Crippen LogP contribution in [-0.2, 0) is 27.4 Å². The number of carboxylic acids is 1. The predicted octanol–water partition coefficient (Wildman–Crippen LogP) is 4.47. The van der Waals surface area contributed by atoms with Crippen LogP contribution in [0, 0.1) is 0 Å². The number of hydrogen-bond acceptors (Lipinski definition) is 7. The summed E-state index contributed by atoms with van der Waals surface area (Å²) < 4.78 is 96.5. The van der Waals surface area contributed by atoms with E-state index in [1.54, 1.807) is 24.3 Å². The highest BCUT2D eigenvalue weighted by atomic mass is 32.2. The lowest BCUT2D eigenvalue weighted by Crippen LogP contribution is -2.21. The second-order valence-corrected chi connectivity index (χ2v) is 9.55.